The van der Waals surface area contributed by atoms with Crippen molar-refractivity contribution in [3.63, 3.8) is 0 Å². The molecule has 1 aliphatic heterocycles. The van der Waals surface area contributed by atoms with E-state index in [2.05, 4.69) is 25.9 Å². The van der Waals surface area contributed by atoms with Gasteiger partial charge in [-0.3, -0.25) is 4.90 Å². The van der Waals surface area contributed by atoms with Gasteiger partial charge in [-0.05, 0) is 47.7 Å². The summed E-state index contributed by atoms with van der Waals surface area (Å²) in [6.45, 7) is 0. The molecule has 1 aromatic rings. The zero-order valence-corrected chi connectivity index (χ0v) is 13.4. The number of nitrogens with zero attached hydrogens (tertiary/aromatic N) is 3. The van der Waals surface area contributed by atoms with Gasteiger partial charge in [0, 0.05) is 6.07 Å². The Bertz CT molecular complexity index is 667. The minimum Gasteiger partial charge on any atom is -0.369 e. The summed E-state index contributed by atoms with van der Waals surface area (Å²) in [4.78, 5) is 10.0. The molecule has 1 saturated carbocycles. The van der Waals surface area contributed by atoms with Crippen molar-refractivity contribution in [3.05, 3.63) is 28.2 Å². The van der Waals surface area contributed by atoms with E-state index >= 15 is 0 Å². The average Bonchev–Trinajstić information content (AvgIpc) is 2.44. The van der Waals surface area contributed by atoms with Gasteiger partial charge >= 0.3 is 0 Å². The van der Waals surface area contributed by atoms with Gasteiger partial charge in [0.05, 0.1) is 10.2 Å². The van der Waals surface area contributed by atoms with Gasteiger partial charge in [0.25, 0.3) is 0 Å². The van der Waals surface area contributed by atoms with Crippen molar-refractivity contribution in [2.45, 2.75) is 37.8 Å². The summed E-state index contributed by atoms with van der Waals surface area (Å²) in [6.07, 6.45) is 4.37. The third-order valence-electron chi connectivity index (χ3n) is 4.07. The summed E-state index contributed by atoms with van der Waals surface area (Å²) < 4.78 is 27.7. The predicted molar refractivity (Wildman–Crippen MR) is 85.6 cm³/mol. The van der Waals surface area contributed by atoms with Crippen LogP contribution in [-0.2, 0) is 0 Å². The molecule has 22 heavy (non-hydrogen) atoms. The quantitative estimate of drug-likeness (QED) is 0.744. The van der Waals surface area contributed by atoms with E-state index in [4.69, 9.17) is 11.5 Å². The molecule has 8 heteroatoms. The second kappa shape index (κ2) is 5.49. The van der Waals surface area contributed by atoms with Crippen LogP contribution in [-0.4, -0.2) is 17.6 Å². The minimum absolute atomic E-state index is 0.0973. The number of anilines is 1. The maximum atomic E-state index is 13.9. The molecule has 0 radical (unpaired) electrons. The molecule has 0 amide bonds. The largest absolute Gasteiger partial charge is 0.369 e. The van der Waals surface area contributed by atoms with Crippen molar-refractivity contribution in [3.8, 4) is 0 Å². The molecule has 1 aromatic carbocycles. The van der Waals surface area contributed by atoms with E-state index < -0.39 is 17.3 Å². The Hall–Kier alpha value is -1.70. The Morgan fingerprint density at radius 3 is 2.50 bits per heavy atom. The molecular formula is C14H16BrF2N5. The molecule has 0 saturated heterocycles. The maximum absolute atomic E-state index is 13.9. The second-order valence-electron chi connectivity index (χ2n) is 5.54. The standard InChI is InChI=1S/C14H16BrF2N5/c15-11-9(17)6-8(16)7-10(11)22-13(19)20-12(18)21-14(22)4-2-1-3-5-14/h6-7H,1-5H2,(H4,18,19,20,21). The van der Waals surface area contributed by atoms with Crippen LogP contribution in [0.2, 0.25) is 0 Å². The van der Waals surface area contributed by atoms with Crippen molar-refractivity contribution >= 4 is 33.5 Å². The fourth-order valence-corrected chi connectivity index (χ4v) is 3.58. The monoisotopic (exact) mass is 371 g/mol. The van der Waals surface area contributed by atoms with Crippen LogP contribution >= 0.6 is 15.9 Å². The number of rotatable bonds is 1. The van der Waals surface area contributed by atoms with E-state index in [1.807, 2.05) is 0 Å². The van der Waals surface area contributed by atoms with Crippen LogP contribution in [0.1, 0.15) is 32.1 Å². The Labute approximate surface area is 135 Å². The van der Waals surface area contributed by atoms with Crippen LogP contribution in [0.25, 0.3) is 0 Å². The zero-order valence-electron chi connectivity index (χ0n) is 11.8. The second-order valence-corrected chi connectivity index (χ2v) is 6.33. The van der Waals surface area contributed by atoms with Gasteiger partial charge in [0.2, 0.25) is 11.9 Å². The highest BCUT2D eigenvalue weighted by molar-refractivity contribution is 9.10. The lowest BCUT2D eigenvalue weighted by molar-refractivity contribution is 0.305. The van der Waals surface area contributed by atoms with E-state index in [0.29, 0.717) is 12.8 Å². The van der Waals surface area contributed by atoms with Crippen LogP contribution in [0.4, 0.5) is 14.5 Å². The molecule has 0 aromatic heterocycles. The maximum Gasteiger partial charge on any atom is 0.220 e. The molecule has 4 N–H and O–H groups in total. The molecule has 2 aliphatic rings. The van der Waals surface area contributed by atoms with Crippen LogP contribution in [0.3, 0.4) is 0 Å². The van der Waals surface area contributed by atoms with Crippen molar-refractivity contribution in [2.75, 3.05) is 4.90 Å². The van der Waals surface area contributed by atoms with Gasteiger partial charge < -0.3 is 11.5 Å². The SMILES string of the molecule is NC1=NC2(CCCCC2)N(c2cc(F)cc(F)c2Br)C(N)=N1. The number of guanidine groups is 2. The summed E-state index contributed by atoms with van der Waals surface area (Å²) in [5.41, 5.74) is 11.3. The number of aliphatic imine (C=N–C) groups is 2. The lowest BCUT2D eigenvalue weighted by atomic mass is 9.87. The first-order chi connectivity index (χ1) is 10.4. The zero-order chi connectivity index (χ0) is 15.9. The highest BCUT2D eigenvalue weighted by Gasteiger charge is 2.43. The molecule has 1 heterocycles. The number of nitrogens with two attached hydrogens (primary N) is 2. The Morgan fingerprint density at radius 1 is 1.14 bits per heavy atom. The Morgan fingerprint density at radius 2 is 1.82 bits per heavy atom. The molecule has 5 nitrogen and oxygen atoms in total. The van der Waals surface area contributed by atoms with Crippen LogP contribution in [0, 0.1) is 11.6 Å². The van der Waals surface area contributed by atoms with Crippen molar-refractivity contribution in [2.24, 2.45) is 21.5 Å². The predicted octanol–water partition coefficient (Wildman–Crippen LogP) is 2.84. The molecule has 3 rings (SSSR count). The molecule has 1 spiro atoms. The van der Waals surface area contributed by atoms with Gasteiger partial charge in [0.15, 0.2) is 0 Å². The fourth-order valence-electron chi connectivity index (χ4n) is 3.17. The van der Waals surface area contributed by atoms with E-state index in [1.54, 1.807) is 4.90 Å². The molecule has 0 atom stereocenters. The summed E-state index contributed by atoms with van der Waals surface area (Å²) in [5, 5.41) is 0. The first-order valence-corrected chi connectivity index (χ1v) is 7.86. The van der Waals surface area contributed by atoms with E-state index in [9.17, 15) is 8.78 Å². The number of hydrogen-bond acceptors (Lipinski definition) is 5. The van der Waals surface area contributed by atoms with E-state index in [-0.39, 0.29) is 22.1 Å². The molecule has 118 valence electrons. The van der Waals surface area contributed by atoms with Crippen LogP contribution in [0.5, 0.6) is 0 Å². The van der Waals surface area contributed by atoms with Crippen LogP contribution < -0.4 is 16.4 Å². The summed E-state index contributed by atoms with van der Waals surface area (Å²) >= 11 is 3.17. The normalized spacial score (nSPS) is 20.8. The van der Waals surface area contributed by atoms with Crippen LogP contribution in [0.15, 0.2) is 26.6 Å². The van der Waals surface area contributed by atoms with Gasteiger partial charge in [-0.1, -0.05) is 6.42 Å². The third kappa shape index (κ3) is 2.45. The van der Waals surface area contributed by atoms with Crippen molar-refractivity contribution in [1.29, 1.82) is 0 Å². The molecule has 0 bridgehead atoms. The van der Waals surface area contributed by atoms with Crippen molar-refractivity contribution < 1.29 is 8.78 Å². The average molecular weight is 372 g/mol. The number of hydrogen-bond donors (Lipinski definition) is 2. The first-order valence-electron chi connectivity index (χ1n) is 7.07. The molecular weight excluding hydrogens is 356 g/mol. The molecule has 1 fully saturated rings. The summed E-state index contributed by atoms with van der Waals surface area (Å²) in [5.74, 6) is -1.18. The Kier molecular flexibility index (Phi) is 3.80. The topological polar surface area (TPSA) is 80.0 Å². The van der Waals surface area contributed by atoms with Gasteiger partial charge in [-0.2, -0.15) is 4.99 Å². The molecule has 0 unspecified atom stereocenters. The van der Waals surface area contributed by atoms with Gasteiger partial charge in [-0.15, -0.1) is 0 Å². The highest BCUT2D eigenvalue weighted by atomic mass is 79.9. The smallest absolute Gasteiger partial charge is 0.220 e. The fraction of sp³-hybridized carbons (Fsp3) is 0.429. The number of halogens is 3. The Balaban J connectivity index is 2.16. The minimum atomic E-state index is -0.725. The van der Waals surface area contributed by atoms with Gasteiger partial charge in [0.1, 0.15) is 17.3 Å². The van der Waals surface area contributed by atoms with Gasteiger partial charge in [-0.25, -0.2) is 13.8 Å². The highest BCUT2D eigenvalue weighted by Crippen LogP contribution is 2.42. The summed E-state index contributed by atoms with van der Waals surface area (Å²) in [6, 6.07) is 2.04. The number of benzene rings is 1. The third-order valence-corrected chi connectivity index (χ3v) is 4.85. The lowest BCUT2D eigenvalue weighted by Gasteiger charge is -2.45. The first kappa shape index (κ1) is 15.2. The van der Waals surface area contributed by atoms with Crippen molar-refractivity contribution in [1.82, 2.24) is 0 Å². The summed E-state index contributed by atoms with van der Waals surface area (Å²) in [7, 11) is 0. The van der Waals surface area contributed by atoms with E-state index in [0.717, 1.165) is 25.3 Å². The van der Waals surface area contributed by atoms with E-state index in [1.165, 1.54) is 6.07 Å². The lowest BCUT2D eigenvalue weighted by Crippen LogP contribution is -2.58. The molecule has 1 aliphatic carbocycles.